The smallest absolute Gasteiger partial charge is 0.404 e. The molecule has 1 aromatic heterocycles. The third kappa shape index (κ3) is 6.45. The molecule has 2 aliphatic heterocycles. The molecule has 3 amide bonds. The highest BCUT2D eigenvalue weighted by atomic mass is 32.2. The molecule has 1 unspecified atom stereocenters. The van der Waals surface area contributed by atoms with Gasteiger partial charge < -0.3 is 35.9 Å². The van der Waals surface area contributed by atoms with E-state index in [1.165, 1.54) is 16.2 Å². The van der Waals surface area contributed by atoms with E-state index in [4.69, 9.17) is 25.7 Å². The van der Waals surface area contributed by atoms with Gasteiger partial charge >= 0.3 is 18.0 Å². The Kier molecular flexibility index (Phi) is 9.04. The number of carbonyl (C=O) groups excluding carboxylic acids is 5. The number of rotatable bonds is 9. The van der Waals surface area contributed by atoms with Crippen molar-refractivity contribution in [1.82, 2.24) is 15.2 Å². The summed E-state index contributed by atoms with van der Waals surface area (Å²) in [5, 5.41) is 5.55. The largest absolute Gasteiger partial charge is 0.445 e. The molecule has 0 aliphatic carbocycles. The van der Waals surface area contributed by atoms with Crippen LogP contribution in [0.3, 0.4) is 0 Å². The number of ether oxygens (including phenoxy) is 3. The fraction of sp³-hybridized carbons (Fsp3) is 0.478. The van der Waals surface area contributed by atoms with E-state index < -0.39 is 59.5 Å². The van der Waals surface area contributed by atoms with Crippen LogP contribution in [0.15, 0.2) is 22.4 Å². The van der Waals surface area contributed by atoms with Crippen molar-refractivity contribution in [3.05, 3.63) is 28.1 Å². The van der Waals surface area contributed by atoms with E-state index in [-0.39, 0.29) is 17.8 Å². The van der Waals surface area contributed by atoms with Crippen LogP contribution in [0.4, 0.5) is 9.93 Å². The van der Waals surface area contributed by atoms with E-state index in [0.29, 0.717) is 17.2 Å². The predicted molar refractivity (Wildman–Crippen MR) is 139 cm³/mol. The van der Waals surface area contributed by atoms with Crippen LogP contribution in [-0.4, -0.2) is 70.6 Å². The lowest BCUT2D eigenvalue weighted by Gasteiger charge is -2.51. The van der Waals surface area contributed by atoms with Crippen LogP contribution in [-0.2, 0) is 33.4 Å². The molecule has 206 valence electrons. The van der Waals surface area contributed by atoms with Gasteiger partial charge in [-0.3, -0.25) is 14.4 Å². The molecule has 1 saturated heterocycles. The summed E-state index contributed by atoms with van der Waals surface area (Å²) in [4.78, 5) is 67.7. The van der Waals surface area contributed by atoms with E-state index in [0.717, 1.165) is 11.8 Å². The number of anilines is 1. The van der Waals surface area contributed by atoms with Crippen LogP contribution in [0.2, 0.25) is 0 Å². The van der Waals surface area contributed by atoms with Crippen LogP contribution < -0.4 is 16.8 Å². The van der Waals surface area contributed by atoms with Gasteiger partial charge in [-0.2, -0.15) is 0 Å². The standard InChI is InChI=1S/C23H29N5O8S2/c1-5-6-12(13-9-38-21(24)26-13)16(29)27-14-17(30)28-15(11(7-34-22(25)33)8-37-18(14)28)19(31)35-10-36-20(32)23(2,3)4/h6,8-9,14-15,18H,5,7,10H2,1-4H3,(H2,24,26)(H2,25,33)(H,27,29)/b12-6-/t14-,15?,18-/m0/s1. The molecule has 13 nitrogen and oxygen atoms in total. The number of hydrogen-bond donors (Lipinski definition) is 3. The number of amides is 3. The van der Waals surface area contributed by atoms with E-state index in [9.17, 15) is 24.0 Å². The second-order valence-corrected chi connectivity index (χ2v) is 11.2. The molecule has 0 bridgehead atoms. The first kappa shape index (κ1) is 29.0. The van der Waals surface area contributed by atoms with E-state index in [1.807, 2.05) is 6.92 Å². The second kappa shape index (κ2) is 11.9. The van der Waals surface area contributed by atoms with Crippen LogP contribution >= 0.6 is 23.1 Å². The third-order valence-electron chi connectivity index (χ3n) is 5.41. The molecule has 3 heterocycles. The highest BCUT2D eigenvalue weighted by Gasteiger charge is 2.56. The quantitative estimate of drug-likeness (QED) is 0.169. The maximum atomic E-state index is 13.2. The number of carbonyl (C=O) groups is 5. The first-order chi connectivity index (χ1) is 17.8. The van der Waals surface area contributed by atoms with Gasteiger partial charge in [0, 0.05) is 11.0 Å². The molecule has 5 N–H and O–H groups in total. The first-order valence-electron chi connectivity index (χ1n) is 11.5. The number of esters is 2. The zero-order valence-corrected chi connectivity index (χ0v) is 22.9. The SMILES string of the molecule is CC/C=C(\C(=O)N[C@H]1C(=O)N2C(C(=O)OCOC(=O)C(C)(C)C)C(COC(N)=O)=CS[C@@H]12)c1csc(N)n1. The lowest BCUT2D eigenvalue weighted by molar-refractivity contribution is -0.179. The average molecular weight is 568 g/mol. The number of aromatic nitrogens is 1. The normalized spacial score (nSPS) is 21.0. The lowest BCUT2D eigenvalue weighted by Crippen LogP contribution is -2.74. The highest BCUT2D eigenvalue weighted by Crippen LogP contribution is 2.40. The van der Waals surface area contributed by atoms with E-state index >= 15 is 0 Å². The highest BCUT2D eigenvalue weighted by molar-refractivity contribution is 8.03. The number of nitrogen functional groups attached to an aromatic ring is 1. The molecule has 0 radical (unpaired) electrons. The van der Waals surface area contributed by atoms with Crippen molar-refractivity contribution in [2.45, 2.75) is 51.6 Å². The van der Waals surface area contributed by atoms with Crippen molar-refractivity contribution < 1.29 is 38.2 Å². The number of thiazole rings is 1. The van der Waals surface area contributed by atoms with Crippen LogP contribution in [0, 0.1) is 5.41 Å². The number of nitrogens with zero attached hydrogens (tertiary/aromatic N) is 2. The monoisotopic (exact) mass is 567 g/mol. The Morgan fingerprint density at radius 2 is 1.92 bits per heavy atom. The molecular formula is C23H29N5O8S2. The van der Waals surface area contributed by atoms with Gasteiger partial charge in [0.15, 0.2) is 11.2 Å². The molecule has 38 heavy (non-hydrogen) atoms. The zero-order valence-electron chi connectivity index (χ0n) is 21.2. The number of hydrogen-bond acceptors (Lipinski definition) is 12. The van der Waals surface area contributed by atoms with Crippen molar-refractivity contribution in [2.24, 2.45) is 11.1 Å². The van der Waals surface area contributed by atoms with Crippen LogP contribution in [0.25, 0.3) is 5.57 Å². The molecule has 1 aromatic rings. The summed E-state index contributed by atoms with van der Waals surface area (Å²) in [5.41, 5.74) is 10.8. The summed E-state index contributed by atoms with van der Waals surface area (Å²) >= 11 is 2.34. The van der Waals surface area contributed by atoms with Gasteiger partial charge in [0.2, 0.25) is 12.7 Å². The van der Waals surface area contributed by atoms with E-state index in [1.54, 1.807) is 37.6 Å². The number of nitrogens with two attached hydrogens (primary N) is 2. The second-order valence-electron chi connectivity index (χ2n) is 9.29. The van der Waals surface area contributed by atoms with Gasteiger partial charge in [0.25, 0.3) is 5.91 Å². The number of allylic oxidation sites excluding steroid dienone is 1. The fourth-order valence-corrected chi connectivity index (χ4v) is 5.33. The number of nitrogens with one attached hydrogen (secondary N) is 1. The van der Waals surface area contributed by atoms with Crippen LogP contribution in [0.5, 0.6) is 0 Å². The molecule has 0 aromatic carbocycles. The minimum absolute atomic E-state index is 0.236. The molecule has 15 heteroatoms. The molecule has 1 fully saturated rings. The minimum atomic E-state index is -1.28. The van der Waals surface area contributed by atoms with Crippen molar-refractivity contribution >= 4 is 63.6 Å². The number of primary amides is 1. The zero-order chi connectivity index (χ0) is 28.2. The Morgan fingerprint density at radius 1 is 1.21 bits per heavy atom. The van der Waals surface area contributed by atoms with Gasteiger partial charge in [-0.1, -0.05) is 13.0 Å². The third-order valence-corrected chi connectivity index (χ3v) is 7.30. The first-order valence-corrected chi connectivity index (χ1v) is 13.3. The Labute approximate surface area is 226 Å². The molecule has 3 rings (SSSR count). The summed E-state index contributed by atoms with van der Waals surface area (Å²) in [7, 11) is 0. The van der Waals surface area contributed by atoms with Gasteiger partial charge in [0.1, 0.15) is 18.0 Å². The molecule has 0 spiro atoms. The van der Waals surface area contributed by atoms with E-state index in [2.05, 4.69) is 10.3 Å². The number of β-lactam (4-membered cyclic amide) rings is 1. The number of thioether (sulfide) groups is 1. The Hall–Kier alpha value is -3.59. The van der Waals surface area contributed by atoms with Crippen LogP contribution in [0.1, 0.15) is 39.8 Å². The van der Waals surface area contributed by atoms with Crippen molar-refractivity contribution in [3.8, 4) is 0 Å². The molecular weight excluding hydrogens is 538 g/mol. The average Bonchev–Trinajstić information content (AvgIpc) is 3.28. The van der Waals surface area contributed by atoms with Gasteiger partial charge in [0.05, 0.1) is 16.7 Å². The fourth-order valence-electron chi connectivity index (χ4n) is 3.55. The Bertz CT molecular complexity index is 1190. The number of fused-ring (bicyclic) bond motifs is 1. The van der Waals surface area contributed by atoms with Crippen molar-refractivity contribution in [3.63, 3.8) is 0 Å². The lowest BCUT2D eigenvalue weighted by atomic mass is 9.97. The summed E-state index contributed by atoms with van der Waals surface area (Å²) < 4.78 is 14.9. The van der Waals surface area contributed by atoms with Gasteiger partial charge in [-0.05, 0) is 32.6 Å². The maximum absolute atomic E-state index is 13.2. The Morgan fingerprint density at radius 3 is 2.50 bits per heavy atom. The Balaban J connectivity index is 1.75. The van der Waals surface area contributed by atoms with Gasteiger partial charge in [-0.25, -0.2) is 14.6 Å². The van der Waals surface area contributed by atoms with Gasteiger partial charge in [-0.15, -0.1) is 23.1 Å². The molecule has 2 aliphatic rings. The van der Waals surface area contributed by atoms with Crippen molar-refractivity contribution in [1.29, 1.82) is 0 Å². The maximum Gasteiger partial charge on any atom is 0.404 e. The summed E-state index contributed by atoms with van der Waals surface area (Å²) in [6.07, 6.45) is 1.15. The minimum Gasteiger partial charge on any atom is -0.445 e. The topological polar surface area (TPSA) is 193 Å². The summed E-state index contributed by atoms with van der Waals surface area (Å²) in [6, 6.07) is -2.23. The molecule has 0 saturated carbocycles. The molecule has 3 atom stereocenters. The summed E-state index contributed by atoms with van der Waals surface area (Å²) in [5.74, 6) is -2.56. The summed E-state index contributed by atoms with van der Waals surface area (Å²) in [6.45, 7) is 5.73. The van der Waals surface area contributed by atoms with Crippen molar-refractivity contribution in [2.75, 3.05) is 19.1 Å². The predicted octanol–water partition coefficient (Wildman–Crippen LogP) is 1.36.